The number of anilines is 1. The molecule has 23 heavy (non-hydrogen) atoms. The summed E-state index contributed by atoms with van der Waals surface area (Å²) in [7, 11) is 0. The quantitative estimate of drug-likeness (QED) is 0.755. The second kappa shape index (κ2) is 5.58. The second-order valence-corrected chi connectivity index (χ2v) is 6.13. The van der Waals surface area contributed by atoms with Gasteiger partial charge in [0.05, 0.1) is 10.2 Å². The van der Waals surface area contributed by atoms with Crippen LogP contribution in [0.25, 0.3) is 10.2 Å². The van der Waals surface area contributed by atoms with Crippen molar-refractivity contribution in [1.82, 2.24) is 25.1 Å². The van der Waals surface area contributed by atoms with Crippen LogP contribution in [-0.4, -0.2) is 38.7 Å². The van der Waals surface area contributed by atoms with Crippen LogP contribution in [0.15, 0.2) is 18.2 Å². The zero-order valence-corrected chi connectivity index (χ0v) is 12.9. The summed E-state index contributed by atoms with van der Waals surface area (Å²) in [5.41, 5.74) is 0.647. The van der Waals surface area contributed by atoms with Gasteiger partial charge in [-0.1, -0.05) is 17.4 Å². The number of hydrogen-bond acceptors (Lipinski definition) is 6. The van der Waals surface area contributed by atoms with Crippen molar-refractivity contribution >= 4 is 32.6 Å². The Morgan fingerprint density at radius 1 is 1.39 bits per heavy atom. The van der Waals surface area contributed by atoms with E-state index in [-0.39, 0.29) is 11.7 Å². The zero-order valence-electron chi connectivity index (χ0n) is 12.0. The molecule has 118 valence electrons. The lowest BCUT2D eigenvalue weighted by atomic mass is 10.3. The highest BCUT2D eigenvalue weighted by Gasteiger charge is 2.21. The summed E-state index contributed by atoms with van der Waals surface area (Å²) in [5, 5.41) is 14.6. The predicted octanol–water partition coefficient (Wildman–Crippen LogP) is 1.42. The number of hydrogen-bond donors (Lipinski definition) is 2. The van der Waals surface area contributed by atoms with E-state index in [4.69, 9.17) is 0 Å². The Kier molecular flexibility index (Phi) is 3.41. The van der Waals surface area contributed by atoms with Crippen LogP contribution in [0.3, 0.4) is 0 Å². The van der Waals surface area contributed by atoms with Crippen molar-refractivity contribution in [3.8, 4) is 0 Å². The highest BCUT2D eigenvalue weighted by atomic mass is 32.1. The Morgan fingerprint density at radius 2 is 2.30 bits per heavy atom. The number of carbonyl (C=O) groups is 1. The molecule has 4 rings (SSSR count). The van der Waals surface area contributed by atoms with Gasteiger partial charge >= 0.3 is 0 Å². The minimum Gasteiger partial charge on any atom is -0.361 e. The van der Waals surface area contributed by atoms with Crippen molar-refractivity contribution < 1.29 is 9.18 Å². The molecule has 1 aliphatic heterocycles. The molecule has 3 aromatic rings. The van der Waals surface area contributed by atoms with Gasteiger partial charge in [0, 0.05) is 26.1 Å². The van der Waals surface area contributed by atoms with Gasteiger partial charge in [0.15, 0.2) is 5.13 Å². The number of aromatic nitrogens is 4. The summed E-state index contributed by atoms with van der Waals surface area (Å²) in [4.78, 5) is 16.0. The molecule has 0 fully saturated rings. The average Bonchev–Trinajstić information content (AvgIpc) is 3.13. The van der Waals surface area contributed by atoms with Crippen molar-refractivity contribution in [2.45, 2.75) is 13.0 Å². The summed E-state index contributed by atoms with van der Waals surface area (Å²) in [6.45, 7) is 1.85. The number of nitrogens with zero attached hydrogens (tertiary/aromatic N) is 4. The third-order valence-electron chi connectivity index (χ3n) is 3.64. The van der Waals surface area contributed by atoms with Crippen LogP contribution in [0.2, 0.25) is 0 Å². The zero-order chi connectivity index (χ0) is 15.8. The first-order valence-corrected chi connectivity index (χ1v) is 8.03. The van der Waals surface area contributed by atoms with Crippen LogP contribution >= 0.6 is 11.3 Å². The van der Waals surface area contributed by atoms with Crippen molar-refractivity contribution in [3.05, 3.63) is 35.7 Å². The van der Waals surface area contributed by atoms with Gasteiger partial charge in [-0.05, 0) is 12.1 Å². The molecule has 0 aliphatic carbocycles. The standard InChI is InChI=1S/C14H13FN6OS/c15-8-2-1-3-9-11(8)23-14(18-9)17-5-4-10-19-20-12-13(22)16-6-7-21(10)12/h1-3H,4-7H2,(H,16,22)(H,17,18). The van der Waals surface area contributed by atoms with E-state index in [1.807, 2.05) is 4.57 Å². The maximum Gasteiger partial charge on any atom is 0.289 e. The Bertz CT molecular complexity index is 889. The summed E-state index contributed by atoms with van der Waals surface area (Å²) >= 11 is 1.29. The Balaban J connectivity index is 1.45. The molecule has 0 atom stereocenters. The number of nitrogens with one attached hydrogen (secondary N) is 2. The monoisotopic (exact) mass is 332 g/mol. The Morgan fingerprint density at radius 3 is 3.17 bits per heavy atom. The van der Waals surface area contributed by atoms with Crippen LogP contribution in [-0.2, 0) is 13.0 Å². The van der Waals surface area contributed by atoms with Gasteiger partial charge < -0.3 is 15.2 Å². The molecule has 1 aromatic carbocycles. The fourth-order valence-electron chi connectivity index (χ4n) is 2.56. The van der Waals surface area contributed by atoms with Crippen molar-refractivity contribution in [2.75, 3.05) is 18.4 Å². The molecule has 1 amide bonds. The maximum absolute atomic E-state index is 13.7. The molecule has 0 saturated carbocycles. The molecule has 7 nitrogen and oxygen atoms in total. The lowest BCUT2D eigenvalue weighted by Gasteiger charge is -2.15. The van der Waals surface area contributed by atoms with E-state index in [9.17, 15) is 9.18 Å². The van der Waals surface area contributed by atoms with E-state index in [0.29, 0.717) is 47.2 Å². The topological polar surface area (TPSA) is 84.7 Å². The predicted molar refractivity (Wildman–Crippen MR) is 84.1 cm³/mol. The van der Waals surface area contributed by atoms with Gasteiger partial charge in [-0.2, -0.15) is 0 Å². The van der Waals surface area contributed by atoms with E-state index < -0.39 is 0 Å². The van der Waals surface area contributed by atoms with Crippen molar-refractivity contribution in [2.24, 2.45) is 0 Å². The molecule has 0 saturated heterocycles. The molecule has 0 unspecified atom stereocenters. The van der Waals surface area contributed by atoms with Crippen LogP contribution in [0.4, 0.5) is 9.52 Å². The van der Waals surface area contributed by atoms with Gasteiger partial charge in [-0.3, -0.25) is 4.79 Å². The number of halogens is 1. The Hall–Kier alpha value is -2.55. The largest absolute Gasteiger partial charge is 0.361 e. The summed E-state index contributed by atoms with van der Waals surface area (Å²) in [5.74, 6) is 0.665. The molecule has 0 radical (unpaired) electrons. The maximum atomic E-state index is 13.7. The van der Waals surface area contributed by atoms with E-state index in [1.165, 1.54) is 17.4 Å². The molecular weight excluding hydrogens is 319 g/mol. The van der Waals surface area contributed by atoms with Gasteiger partial charge in [-0.15, -0.1) is 10.2 Å². The third kappa shape index (κ3) is 2.52. The average molecular weight is 332 g/mol. The molecule has 9 heteroatoms. The summed E-state index contributed by atoms with van der Waals surface area (Å²) in [6, 6.07) is 4.86. The summed E-state index contributed by atoms with van der Waals surface area (Å²) < 4.78 is 16.0. The number of fused-ring (bicyclic) bond motifs is 2. The first-order valence-electron chi connectivity index (χ1n) is 7.21. The first kappa shape index (κ1) is 14.1. The molecule has 2 aromatic heterocycles. The number of thiazole rings is 1. The van der Waals surface area contributed by atoms with Crippen LogP contribution < -0.4 is 10.6 Å². The van der Waals surface area contributed by atoms with Gasteiger partial charge in [0.2, 0.25) is 5.82 Å². The minimum absolute atomic E-state index is 0.190. The third-order valence-corrected chi connectivity index (χ3v) is 4.68. The SMILES string of the molecule is O=C1NCCn2c(CCNc3nc4cccc(F)c4s3)nnc21. The van der Waals surface area contributed by atoms with Crippen LogP contribution in [0.1, 0.15) is 16.4 Å². The fraction of sp³-hybridized carbons (Fsp3) is 0.286. The number of benzene rings is 1. The smallest absolute Gasteiger partial charge is 0.289 e. The molecule has 2 N–H and O–H groups in total. The van der Waals surface area contributed by atoms with E-state index in [1.54, 1.807) is 12.1 Å². The normalized spacial score (nSPS) is 13.9. The number of carbonyl (C=O) groups excluding carboxylic acids is 1. The van der Waals surface area contributed by atoms with E-state index in [2.05, 4.69) is 25.8 Å². The van der Waals surface area contributed by atoms with Crippen molar-refractivity contribution in [1.29, 1.82) is 0 Å². The molecular formula is C14H13FN6OS. The summed E-state index contributed by atoms with van der Waals surface area (Å²) in [6.07, 6.45) is 0.610. The molecule has 3 heterocycles. The van der Waals surface area contributed by atoms with Crippen LogP contribution in [0, 0.1) is 5.82 Å². The highest BCUT2D eigenvalue weighted by molar-refractivity contribution is 7.22. The molecule has 0 bridgehead atoms. The van der Waals surface area contributed by atoms with Crippen molar-refractivity contribution in [3.63, 3.8) is 0 Å². The van der Waals surface area contributed by atoms with E-state index in [0.717, 1.165) is 5.82 Å². The van der Waals surface area contributed by atoms with E-state index >= 15 is 0 Å². The second-order valence-electron chi connectivity index (χ2n) is 5.13. The van der Waals surface area contributed by atoms with Crippen LogP contribution in [0.5, 0.6) is 0 Å². The van der Waals surface area contributed by atoms with Gasteiger partial charge in [0.1, 0.15) is 11.6 Å². The lowest BCUT2D eigenvalue weighted by Crippen LogP contribution is -2.36. The highest BCUT2D eigenvalue weighted by Crippen LogP contribution is 2.27. The minimum atomic E-state index is -0.259. The number of amides is 1. The first-order chi connectivity index (χ1) is 11.2. The molecule has 1 aliphatic rings. The van der Waals surface area contributed by atoms with Gasteiger partial charge in [0.25, 0.3) is 5.91 Å². The number of rotatable bonds is 4. The lowest BCUT2D eigenvalue weighted by molar-refractivity contribution is 0.0921. The van der Waals surface area contributed by atoms with Gasteiger partial charge in [-0.25, -0.2) is 9.37 Å². The Labute approximate surface area is 134 Å². The fourth-order valence-corrected chi connectivity index (χ4v) is 3.45. The molecule has 0 spiro atoms.